The number of alkyl carbamates (subject to hydrolysis) is 1. The van der Waals surface area contributed by atoms with Gasteiger partial charge in [0.2, 0.25) is 0 Å². The Morgan fingerprint density at radius 3 is 2.17 bits per heavy atom. The molecule has 1 aliphatic carbocycles. The predicted molar refractivity (Wildman–Crippen MR) is 67.4 cm³/mol. The van der Waals surface area contributed by atoms with Crippen molar-refractivity contribution in [3.05, 3.63) is 0 Å². The van der Waals surface area contributed by atoms with Crippen LogP contribution in [0.2, 0.25) is 0 Å². The van der Waals surface area contributed by atoms with Gasteiger partial charge in [0.05, 0.1) is 0 Å². The standard InChI is InChI=1S/C13H23NO4/c1-9-5-7-13(8-6-9,10(15)16)14-11(17)18-12(2,3)4/h9H,5-8H2,1-4H3,(H,14,17)(H,15,16). The Labute approximate surface area is 108 Å². The normalized spacial score (nSPS) is 28.6. The van der Waals surface area contributed by atoms with Gasteiger partial charge in [0.25, 0.3) is 0 Å². The van der Waals surface area contributed by atoms with Crippen LogP contribution in [0.25, 0.3) is 0 Å². The lowest BCUT2D eigenvalue weighted by Crippen LogP contribution is -2.57. The molecule has 104 valence electrons. The van der Waals surface area contributed by atoms with E-state index in [4.69, 9.17) is 4.74 Å². The number of ether oxygens (including phenoxy) is 1. The molecule has 0 aromatic carbocycles. The van der Waals surface area contributed by atoms with Gasteiger partial charge in [-0.05, 0) is 52.4 Å². The molecule has 2 N–H and O–H groups in total. The molecule has 0 bridgehead atoms. The molecule has 0 aliphatic heterocycles. The van der Waals surface area contributed by atoms with Crippen LogP contribution in [0.4, 0.5) is 4.79 Å². The van der Waals surface area contributed by atoms with Crippen LogP contribution in [0, 0.1) is 5.92 Å². The zero-order chi connectivity index (χ0) is 14.0. The summed E-state index contributed by atoms with van der Waals surface area (Å²) in [5.41, 5.74) is -1.78. The molecule has 5 heteroatoms. The summed E-state index contributed by atoms with van der Waals surface area (Å²) in [6.45, 7) is 7.36. The van der Waals surface area contributed by atoms with Gasteiger partial charge in [0.1, 0.15) is 11.1 Å². The van der Waals surface area contributed by atoms with Gasteiger partial charge in [-0.15, -0.1) is 0 Å². The number of carboxylic acids is 1. The molecule has 18 heavy (non-hydrogen) atoms. The number of amides is 1. The van der Waals surface area contributed by atoms with Crippen molar-refractivity contribution in [1.29, 1.82) is 0 Å². The highest BCUT2D eigenvalue weighted by atomic mass is 16.6. The highest BCUT2D eigenvalue weighted by Gasteiger charge is 2.43. The van der Waals surface area contributed by atoms with Gasteiger partial charge in [0, 0.05) is 0 Å². The van der Waals surface area contributed by atoms with Crippen LogP contribution in [-0.2, 0) is 9.53 Å². The first-order valence-corrected chi connectivity index (χ1v) is 6.39. The van der Waals surface area contributed by atoms with Crippen molar-refractivity contribution in [2.75, 3.05) is 0 Å². The number of aliphatic carboxylic acids is 1. The Morgan fingerprint density at radius 1 is 1.28 bits per heavy atom. The molecular formula is C13H23NO4. The number of nitrogens with one attached hydrogen (secondary N) is 1. The van der Waals surface area contributed by atoms with Crippen LogP contribution >= 0.6 is 0 Å². The number of hydrogen-bond donors (Lipinski definition) is 2. The molecule has 0 aromatic rings. The minimum Gasteiger partial charge on any atom is -0.480 e. The molecule has 0 heterocycles. The molecule has 1 aliphatic rings. The third kappa shape index (κ3) is 3.89. The summed E-state index contributed by atoms with van der Waals surface area (Å²) in [5, 5.41) is 11.9. The fourth-order valence-electron chi connectivity index (χ4n) is 2.15. The van der Waals surface area contributed by atoms with E-state index in [9.17, 15) is 14.7 Å². The van der Waals surface area contributed by atoms with E-state index >= 15 is 0 Å². The summed E-state index contributed by atoms with van der Waals surface area (Å²) in [4.78, 5) is 23.1. The first-order valence-electron chi connectivity index (χ1n) is 6.39. The summed E-state index contributed by atoms with van der Waals surface area (Å²) >= 11 is 0. The minimum absolute atomic E-state index is 0.461. The van der Waals surface area contributed by atoms with Crippen LogP contribution in [-0.4, -0.2) is 28.3 Å². The van der Waals surface area contributed by atoms with Crippen molar-refractivity contribution in [3.8, 4) is 0 Å². The van der Waals surface area contributed by atoms with E-state index in [0.29, 0.717) is 18.8 Å². The maximum absolute atomic E-state index is 11.7. The number of carbonyl (C=O) groups is 2. The molecule has 1 amide bonds. The molecule has 0 atom stereocenters. The second-order valence-electron chi connectivity index (χ2n) is 6.20. The lowest BCUT2D eigenvalue weighted by molar-refractivity contribution is -0.146. The van der Waals surface area contributed by atoms with Gasteiger partial charge in [-0.3, -0.25) is 0 Å². The smallest absolute Gasteiger partial charge is 0.408 e. The fraction of sp³-hybridized carbons (Fsp3) is 0.846. The van der Waals surface area contributed by atoms with E-state index in [2.05, 4.69) is 12.2 Å². The first-order chi connectivity index (χ1) is 8.15. The van der Waals surface area contributed by atoms with E-state index in [1.165, 1.54) is 0 Å². The van der Waals surface area contributed by atoms with Crippen molar-refractivity contribution in [3.63, 3.8) is 0 Å². The zero-order valence-corrected chi connectivity index (χ0v) is 11.6. The van der Waals surface area contributed by atoms with E-state index < -0.39 is 23.2 Å². The van der Waals surface area contributed by atoms with Gasteiger partial charge in [-0.2, -0.15) is 0 Å². The second kappa shape index (κ2) is 5.16. The summed E-state index contributed by atoms with van der Waals surface area (Å²) in [5.74, 6) is -0.460. The molecule has 5 nitrogen and oxygen atoms in total. The van der Waals surface area contributed by atoms with Crippen molar-refractivity contribution in [2.45, 2.75) is 64.5 Å². The maximum Gasteiger partial charge on any atom is 0.408 e. The molecule has 1 fully saturated rings. The maximum atomic E-state index is 11.7. The van der Waals surface area contributed by atoms with Gasteiger partial charge in [-0.1, -0.05) is 6.92 Å². The number of rotatable bonds is 2. The second-order valence-corrected chi connectivity index (χ2v) is 6.20. The summed E-state index contributed by atoms with van der Waals surface area (Å²) in [6, 6.07) is 0. The van der Waals surface area contributed by atoms with Crippen molar-refractivity contribution < 1.29 is 19.4 Å². The zero-order valence-electron chi connectivity index (χ0n) is 11.6. The number of carboxylic acid groups (broad SMARTS) is 1. The van der Waals surface area contributed by atoms with Crippen LogP contribution in [0.1, 0.15) is 53.4 Å². The third-order valence-electron chi connectivity index (χ3n) is 3.28. The Balaban J connectivity index is 2.70. The lowest BCUT2D eigenvalue weighted by Gasteiger charge is -2.36. The Hall–Kier alpha value is -1.26. The first kappa shape index (κ1) is 14.8. The molecule has 0 saturated heterocycles. The largest absolute Gasteiger partial charge is 0.480 e. The van der Waals surface area contributed by atoms with Crippen LogP contribution < -0.4 is 5.32 Å². The van der Waals surface area contributed by atoms with E-state index in [1.54, 1.807) is 20.8 Å². The molecule has 0 aromatic heterocycles. The Kier molecular flexibility index (Phi) is 4.24. The van der Waals surface area contributed by atoms with Crippen molar-refractivity contribution in [1.82, 2.24) is 5.32 Å². The van der Waals surface area contributed by atoms with E-state index in [0.717, 1.165) is 12.8 Å². The quantitative estimate of drug-likeness (QED) is 0.797. The van der Waals surface area contributed by atoms with Gasteiger partial charge in [0.15, 0.2) is 0 Å². The topological polar surface area (TPSA) is 75.6 Å². The molecular weight excluding hydrogens is 234 g/mol. The third-order valence-corrected chi connectivity index (χ3v) is 3.28. The Bertz CT molecular complexity index is 324. The van der Waals surface area contributed by atoms with Gasteiger partial charge in [-0.25, -0.2) is 9.59 Å². The number of carbonyl (C=O) groups excluding carboxylic acids is 1. The SMILES string of the molecule is CC1CCC(NC(=O)OC(C)(C)C)(C(=O)O)CC1. The Morgan fingerprint density at radius 2 is 1.78 bits per heavy atom. The molecule has 0 radical (unpaired) electrons. The lowest BCUT2D eigenvalue weighted by atomic mass is 9.77. The fourth-order valence-corrected chi connectivity index (χ4v) is 2.15. The summed E-state index contributed by atoms with van der Waals surface area (Å²) in [7, 11) is 0. The van der Waals surface area contributed by atoms with Crippen molar-refractivity contribution in [2.24, 2.45) is 5.92 Å². The highest BCUT2D eigenvalue weighted by Crippen LogP contribution is 2.32. The molecule has 1 saturated carbocycles. The van der Waals surface area contributed by atoms with Crippen molar-refractivity contribution >= 4 is 12.1 Å². The van der Waals surface area contributed by atoms with E-state index in [-0.39, 0.29) is 0 Å². The van der Waals surface area contributed by atoms with Crippen LogP contribution in [0.3, 0.4) is 0 Å². The van der Waals surface area contributed by atoms with Crippen LogP contribution in [0.15, 0.2) is 0 Å². The highest BCUT2D eigenvalue weighted by molar-refractivity contribution is 5.84. The average molecular weight is 257 g/mol. The molecule has 0 unspecified atom stereocenters. The number of hydrogen-bond acceptors (Lipinski definition) is 3. The van der Waals surface area contributed by atoms with Gasteiger partial charge < -0.3 is 15.2 Å². The summed E-state index contributed by atoms with van der Waals surface area (Å²) < 4.78 is 5.13. The van der Waals surface area contributed by atoms with Gasteiger partial charge >= 0.3 is 12.1 Å². The van der Waals surface area contributed by atoms with E-state index in [1.807, 2.05) is 0 Å². The monoisotopic (exact) mass is 257 g/mol. The summed E-state index contributed by atoms with van der Waals surface area (Å²) in [6.07, 6.45) is 1.88. The molecule has 0 spiro atoms. The predicted octanol–water partition coefficient (Wildman–Crippen LogP) is 2.54. The minimum atomic E-state index is -1.16. The average Bonchev–Trinajstić information content (AvgIpc) is 2.18. The van der Waals surface area contributed by atoms with Crippen LogP contribution in [0.5, 0.6) is 0 Å². The molecule has 1 rings (SSSR count).